The van der Waals surface area contributed by atoms with Crippen molar-refractivity contribution in [2.75, 3.05) is 26.2 Å². The first-order chi connectivity index (χ1) is 10.1. The van der Waals surface area contributed by atoms with Crippen LogP contribution >= 0.6 is 0 Å². The van der Waals surface area contributed by atoms with E-state index in [1.807, 2.05) is 12.1 Å². The van der Waals surface area contributed by atoms with Gasteiger partial charge in [0.1, 0.15) is 0 Å². The van der Waals surface area contributed by atoms with Gasteiger partial charge in [-0.25, -0.2) is 0 Å². The molecule has 1 saturated heterocycles. The highest BCUT2D eigenvalue weighted by atomic mass is 16.1. The van der Waals surface area contributed by atoms with Gasteiger partial charge >= 0.3 is 0 Å². The zero-order valence-corrected chi connectivity index (χ0v) is 13.3. The van der Waals surface area contributed by atoms with E-state index in [1.54, 1.807) is 0 Å². The van der Waals surface area contributed by atoms with E-state index in [0.717, 1.165) is 44.5 Å². The molecule has 0 aliphatic carbocycles. The van der Waals surface area contributed by atoms with Crippen LogP contribution in [0, 0.1) is 11.8 Å². The Morgan fingerprint density at radius 1 is 1.24 bits per heavy atom. The van der Waals surface area contributed by atoms with Crippen LogP contribution in [0.15, 0.2) is 24.3 Å². The van der Waals surface area contributed by atoms with Crippen LogP contribution in [0.1, 0.15) is 42.6 Å². The maximum atomic E-state index is 12.6. The minimum absolute atomic E-state index is 0.190. The summed E-state index contributed by atoms with van der Waals surface area (Å²) >= 11 is 0. The molecule has 2 N–H and O–H groups in total. The summed E-state index contributed by atoms with van der Waals surface area (Å²) < 4.78 is 0. The van der Waals surface area contributed by atoms with Crippen LogP contribution in [-0.2, 0) is 6.42 Å². The number of ketones is 1. The summed E-state index contributed by atoms with van der Waals surface area (Å²) in [5, 5.41) is 0. The van der Waals surface area contributed by atoms with Crippen molar-refractivity contribution in [1.29, 1.82) is 0 Å². The van der Waals surface area contributed by atoms with Crippen LogP contribution in [0.25, 0.3) is 0 Å². The third kappa shape index (κ3) is 4.65. The van der Waals surface area contributed by atoms with Crippen LogP contribution in [0.3, 0.4) is 0 Å². The second-order valence-electron chi connectivity index (χ2n) is 6.56. The lowest BCUT2D eigenvalue weighted by molar-refractivity contribution is 0.0842. The second kappa shape index (κ2) is 7.71. The predicted molar refractivity (Wildman–Crippen MR) is 87.5 cm³/mol. The van der Waals surface area contributed by atoms with Crippen molar-refractivity contribution in [3.8, 4) is 0 Å². The van der Waals surface area contributed by atoms with Crippen molar-refractivity contribution >= 4 is 5.78 Å². The first-order valence-electron chi connectivity index (χ1n) is 8.15. The van der Waals surface area contributed by atoms with Crippen LogP contribution in [-0.4, -0.2) is 36.9 Å². The topological polar surface area (TPSA) is 46.3 Å². The molecule has 3 nitrogen and oxygen atoms in total. The molecule has 1 aliphatic rings. The third-order valence-electron chi connectivity index (χ3n) is 4.29. The molecule has 0 aromatic heterocycles. The van der Waals surface area contributed by atoms with Gasteiger partial charge in [0, 0.05) is 24.6 Å². The molecule has 0 spiro atoms. The highest BCUT2D eigenvalue weighted by Crippen LogP contribution is 2.22. The van der Waals surface area contributed by atoms with Gasteiger partial charge in [-0.15, -0.1) is 0 Å². The standard InChI is InChI=1S/C18H28N2O/c1-14(2)13-15-3-5-16(6-4-15)18(21)17-7-10-20(11-8-17)12-9-19/h3-6,14,17H,7-13,19H2,1-2H3. The van der Waals surface area contributed by atoms with Gasteiger partial charge in [-0.2, -0.15) is 0 Å². The van der Waals surface area contributed by atoms with Crippen molar-refractivity contribution in [2.24, 2.45) is 17.6 Å². The Labute approximate surface area is 128 Å². The number of benzene rings is 1. The van der Waals surface area contributed by atoms with Gasteiger partial charge in [0.15, 0.2) is 5.78 Å². The van der Waals surface area contributed by atoms with Gasteiger partial charge in [0.25, 0.3) is 0 Å². The molecule has 21 heavy (non-hydrogen) atoms. The number of carbonyl (C=O) groups excluding carboxylic acids is 1. The third-order valence-corrected chi connectivity index (χ3v) is 4.29. The van der Waals surface area contributed by atoms with E-state index in [2.05, 4.69) is 30.9 Å². The molecule has 0 bridgehead atoms. The van der Waals surface area contributed by atoms with Gasteiger partial charge in [0.05, 0.1) is 0 Å². The lowest BCUT2D eigenvalue weighted by Crippen LogP contribution is -2.39. The summed E-state index contributed by atoms with van der Waals surface area (Å²) in [5.41, 5.74) is 7.78. The van der Waals surface area contributed by atoms with Gasteiger partial charge in [-0.1, -0.05) is 38.1 Å². The van der Waals surface area contributed by atoms with E-state index < -0.39 is 0 Å². The quantitative estimate of drug-likeness (QED) is 0.819. The molecule has 1 aromatic carbocycles. The Balaban J connectivity index is 1.91. The molecule has 1 heterocycles. The van der Waals surface area contributed by atoms with Crippen molar-refractivity contribution in [3.05, 3.63) is 35.4 Å². The number of piperidine rings is 1. The predicted octanol–water partition coefficient (Wildman–Crippen LogP) is 2.74. The van der Waals surface area contributed by atoms with Crippen LogP contribution < -0.4 is 5.73 Å². The van der Waals surface area contributed by atoms with E-state index in [-0.39, 0.29) is 5.92 Å². The molecule has 3 heteroatoms. The number of rotatable bonds is 6. The SMILES string of the molecule is CC(C)Cc1ccc(C(=O)C2CCN(CCN)CC2)cc1. The molecule has 0 unspecified atom stereocenters. The zero-order chi connectivity index (χ0) is 15.2. The highest BCUT2D eigenvalue weighted by Gasteiger charge is 2.25. The lowest BCUT2D eigenvalue weighted by Gasteiger charge is -2.30. The molecule has 1 fully saturated rings. The molecule has 0 radical (unpaired) electrons. The molecule has 116 valence electrons. The molecule has 2 rings (SSSR count). The Morgan fingerprint density at radius 2 is 1.86 bits per heavy atom. The summed E-state index contributed by atoms with van der Waals surface area (Å²) in [6.07, 6.45) is 3.01. The first-order valence-corrected chi connectivity index (χ1v) is 8.15. The van der Waals surface area contributed by atoms with Crippen molar-refractivity contribution in [1.82, 2.24) is 4.90 Å². The molecule has 0 saturated carbocycles. The van der Waals surface area contributed by atoms with E-state index in [4.69, 9.17) is 5.73 Å². The molecule has 1 aromatic rings. The van der Waals surface area contributed by atoms with Gasteiger partial charge in [0.2, 0.25) is 0 Å². The Morgan fingerprint density at radius 3 is 2.38 bits per heavy atom. The first kappa shape index (κ1) is 16.2. The van der Waals surface area contributed by atoms with Gasteiger partial charge < -0.3 is 10.6 Å². The number of Topliss-reactive ketones (excluding diaryl/α,β-unsaturated/α-hetero) is 1. The highest BCUT2D eigenvalue weighted by molar-refractivity contribution is 5.97. The molecular formula is C18H28N2O. The maximum Gasteiger partial charge on any atom is 0.166 e. The van der Waals surface area contributed by atoms with Crippen molar-refractivity contribution < 1.29 is 4.79 Å². The minimum atomic E-state index is 0.190. The summed E-state index contributed by atoms with van der Waals surface area (Å²) in [6.45, 7) is 8.08. The van der Waals surface area contributed by atoms with E-state index >= 15 is 0 Å². The maximum absolute atomic E-state index is 12.6. The zero-order valence-electron chi connectivity index (χ0n) is 13.3. The molecule has 0 amide bonds. The number of nitrogens with two attached hydrogens (primary N) is 1. The van der Waals surface area contributed by atoms with Crippen LogP contribution in [0.2, 0.25) is 0 Å². The average molecular weight is 288 g/mol. The normalized spacial score (nSPS) is 17.3. The van der Waals surface area contributed by atoms with Crippen molar-refractivity contribution in [3.63, 3.8) is 0 Å². The number of nitrogens with zero attached hydrogens (tertiary/aromatic N) is 1. The summed E-state index contributed by atoms with van der Waals surface area (Å²) in [6, 6.07) is 8.23. The fourth-order valence-electron chi connectivity index (χ4n) is 3.11. The largest absolute Gasteiger partial charge is 0.329 e. The molecular weight excluding hydrogens is 260 g/mol. The second-order valence-corrected chi connectivity index (χ2v) is 6.56. The summed E-state index contributed by atoms with van der Waals surface area (Å²) in [7, 11) is 0. The van der Waals surface area contributed by atoms with E-state index in [1.165, 1.54) is 5.56 Å². The molecule has 0 atom stereocenters. The van der Waals surface area contributed by atoms with Gasteiger partial charge in [-0.05, 0) is 43.8 Å². The fourth-order valence-corrected chi connectivity index (χ4v) is 3.11. The van der Waals surface area contributed by atoms with Gasteiger partial charge in [-0.3, -0.25) is 4.79 Å². The Kier molecular flexibility index (Phi) is 5.95. The number of likely N-dealkylation sites (tertiary alicyclic amines) is 1. The fraction of sp³-hybridized carbons (Fsp3) is 0.611. The van der Waals surface area contributed by atoms with E-state index in [9.17, 15) is 4.79 Å². The smallest absolute Gasteiger partial charge is 0.166 e. The Bertz CT molecular complexity index is 445. The number of carbonyl (C=O) groups is 1. The number of hydrogen-bond acceptors (Lipinski definition) is 3. The van der Waals surface area contributed by atoms with E-state index in [0.29, 0.717) is 18.2 Å². The summed E-state index contributed by atoms with van der Waals surface area (Å²) in [5.74, 6) is 1.16. The van der Waals surface area contributed by atoms with Crippen LogP contribution in [0.4, 0.5) is 0 Å². The number of hydrogen-bond donors (Lipinski definition) is 1. The minimum Gasteiger partial charge on any atom is -0.329 e. The van der Waals surface area contributed by atoms with Crippen LogP contribution in [0.5, 0.6) is 0 Å². The summed E-state index contributed by atoms with van der Waals surface area (Å²) in [4.78, 5) is 14.9. The molecule has 1 aliphatic heterocycles. The lowest BCUT2D eigenvalue weighted by atomic mass is 9.88. The Hall–Kier alpha value is -1.19. The monoisotopic (exact) mass is 288 g/mol. The average Bonchev–Trinajstić information content (AvgIpc) is 2.48. The van der Waals surface area contributed by atoms with Crippen molar-refractivity contribution in [2.45, 2.75) is 33.1 Å².